The molecule has 1 saturated carbocycles. The van der Waals surface area contributed by atoms with Gasteiger partial charge in [0.05, 0.1) is 6.54 Å². The van der Waals surface area contributed by atoms with Crippen molar-refractivity contribution in [3.8, 4) is 0 Å². The van der Waals surface area contributed by atoms with Crippen LogP contribution in [0.4, 0.5) is 0 Å². The molecule has 4 nitrogen and oxygen atoms in total. The topological polar surface area (TPSA) is 35.6 Å². The Morgan fingerprint density at radius 2 is 1.83 bits per heavy atom. The van der Waals surface area contributed by atoms with Crippen LogP contribution in [0.2, 0.25) is 0 Å². The first-order valence-electron chi connectivity index (χ1n) is 7.42. The van der Waals surface area contributed by atoms with Crippen LogP contribution in [0.15, 0.2) is 0 Å². The van der Waals surface area contributed by atoms with Crippen molar-refractivity contribution in [2.75, 3.05) is 33.2 Å². The maximum Gasteiger partial charge on any atom is 0.236 e. The molecule has 2 rings (SSSR count). The summed E-state index contributed by atoms with van der Waals surface area (Å²) in [6.07, 6.45) is 6.30. The van der Waals surface area contributed by atoms with E-state index in [-0.39, 0.29) is 0 Å². The fourth-order valence-corrected chi connectivity index (χ4v) is 2.99. The van der Waals surface area contributed by atoms with E-state index in [0.29, 0.717) is 24.5 Å². The molecule has 4 heteroatoms. The van der Waals surface area contributed by atoms with Crippen LogP contribution in [-0.4, -0.2) is 61.0 Å². The van der Waals surface area contributed by atoms with Gasteiger partial charge in [-0.1, -0.05) is 26.2 Å². The third kappa shape index (κ3) is 3.23. The maximum absolute atomic E-state index is 12.3. The Hall–Kier alpha value is -0.610. The number of carbonyl (C=O) groups is 1. The van der Waals surface area contributed by atoms with Crippen molar-refractivity contribution in [1.29, 1.82) is 0 Å². The fourth-order valence-electron chi connectivity index (χ4n) is 2.99. The number of nitrogens with one attached hydrogen (secondary N) is 1. The molecule has 104 valence electrons. The SMILES string of the molecule is CCN(CC(=O)N(C)C1CCCCC1)C1CNC1. The van der Waals surface area contributed by atoms with Gasteiger partial charge in [0.2, 0.25) is 5.91 Å². The lowest BCUT2D eigenvalue weighted by Gasteiger charge is -2.39. The van der Waals surface area contributed by atoms with Gasteiger partial charge in [0.1, 0.15) is 0 Å². The first kappa shape index (κ1) is 13.8. The van der Waals surface area contributed by atoms with Crippen molar-refractivity contribution in [3.05, 3.63) is 0 Å². The zero-order chi connectivity index (χ0) is 13.0. The van der Waals surface area contributed by atoms with E-state index in [1.165, 1.54) is 32.1 Å². The van der Waals surface area contributed by atoms with Crippen molar-refractivity contribution in [3.63, 3.8) is 0 Å². The quantitative estimate of drug-likeness (QED) is 0.796. The Bertz CT molecular complexity index is 272. The Labute approximate surface area is 111 Å². The van der Waals surface area contributed by atoms with Gasteiger partial charge in [0.15, 0.2) is 0 Å². The van der Waals surface area contributed by atoms with Crippen LogP contribution < -0.4 is 5.32 Å². The van der Waals surface area contributed by atoms with Crippen LogP contribution in [0, 0.1) is 0 Å². The smallest absolute Gasteiger partial charge is 0.236 e. The lowest BCUT2D eigenvalue weighted by atomic mass is 9.94. The molecular weight excluding hydrogens is 226 g/mol. The third-order valence-electron chi connectivity index (χ3n) is 4.54. The number of carbonyl (C=O) groups excluding carboxylic acids is 1. The highest BCUT2D eigenvalue weighted by Gasteiger charge is 2.28. The van der Waals surface area contributed by atoms with E-state index in [0.717, 1.165) is 19.6 Å². The van der Waals surface area contributed by atoms with Crippen LogP contribution in [-0.2, 0) is 4.79 Å². The molecule has 1 N–H and O–H groups in total. The van der Waals surface area contributed by atoms with E-state index in [2.05, 4.69) is 17.1 Å². The molecule has 2 aliphatic rings. The normalized spacial score (nSPS) is 21.9. The van der Waals surface area contributed by atoms with E-state index in [1.807, 2.05) is 11.9 Å². The summed E-state index contributed by atoms with van der Waals surface area (Å²) in [4.78, 5) is 16.6. The standard InChI is InChI=1S/C14H27N3O/c1-3-17(13-9-15-10-13)11-14(18)16(2)12-7-5-4-6-8-12/h12-13,15H,3-11H2,1-2H3. The van der Waals surface area contributed by atoms with Crippen LogP contribution in [0.5, 0.6) is 0 Å². The second-order valence-electron chi connectivity index (χ2n) is 5.67. The van der Waals surface area contributed by atoms with Gasteiger partial charge in [-0.05, 0) is 19.4 Å². The first-order chi connectivity index (χ1) is 8.72. The highest BCUT2D eigenvalue weighted by molar-refractivity contribution is 5.78. The summed E-state index contributed by atoms with van der Waals surface area (Å²) in [5.41, 5.74) is 0. The highest BCUT2D eigenvalue weighted by atomic mass is 16.2. The number of nitrogens with zero attached hydrogens (tertiary/aromatic N) is 2. The van der Waals surface area contributed by atoms with Crippen molar-refractivity contribution >= 4 is 5.91 Å². The zero-order valence-electron chi connectivity index (χ0n) is 11.8. The zero-order valence-corrected chi connectivity index (χ0v) is 11.8. The molecule has 1 saturated heterocycles. The fraction of sp³-hybridized carbons (Fsp3) is 0.929. The predicted octanol–water partition coefficient (Wildman–Crippen LogP) is 1.07. The van der Waals surface area contributed by atoms with Gasteiger partial charge in [0, 0.05) is 32.2 Å². The van der Waals surface area contributed by atoms with Gasteiger partial charge >= 0.3 is 0 Å². The molecule has 0 aromatic carbocycles. The van der Waals surface area contributed by atoms with Crippen LogP contribution in [0.25, 0.3) is 0 Å². The Balaban J connectivity index is 1.81. The molecule has 0 atom stereocenters. The van der Waals surface area contributed by atoms with Crippen LogP contribution >= 0.6 is 0 Å². The molecule has 1 aliphatic carbocycles. The van der Waals surface area contributed by atoms with E-state index < -0.39 is 0 Å². The number of amides is 1. The molecule has 2 fully saturated rings. The maximum atomic E-state index is 12.3. The molecule has 0 unspecified atom stereocenters. The molecular formula is C14H27N3O. The van der Waals surface area contributed by atoms with Crippen molar-refractivity contribution < 1.29 is 4.79 Å². The summed E-state index contributed by atoms with van der Waals surface area (Å²) in [7, 11) is 1.99. The largest absolute Gasteiger partial charge is 0.342 e. The summed E-state index contributed by atoms with van der Waals surface area (Å²) < 4.78 is 0. The Morgan fingerprint density at radius 1 is 1.17 bits per heavy atom. The molecule has 1 aliphatic heterocycles. The molecule has 0 bridgehead atoms. The van der Waals surface area contributed by atoms with E-state index >= 15 is 0 Å². The minimum atomic E-state index is 0.302. The van der Waals surface area contributed by atoms with Crippen LogP contribution in [0.1, 0.15) is 39.0 Å². The molecule has 1 amide bonds. The summed E-state index contributed by atoms with van der Waals surface area (Å²) in [5.74, 6) is 0.302. The monoisotopic (exact) mass is 253 g/mol. The van der Waals surface area contributed by atoms with Gasteiger partial charge in [0.25, 0.3) is 0 Å². The summed E-state index contributed by atoms with van der Waals surface area (Å²) in [5, 5.41) is 3.28. The average Bonchev–Trinajstić information content (AvgIpc) is 2.35. The van der Waals surface area contributed by atoms with Crippen LogP contribution in [0.3, 0.4) is 0 Å². The van der Waals surface area contributed by atoms with E-state index in [1.54, 1.807) is 0 Å². The van der Waals surface area contributed by atoms with E-state index in [9.17, 15) is 4.79 Å². The number of hydrogen-bond donors (Lipinski definition) is 1. The van der Waals surface area contributed by atoms with Crippen molar-refractivity contribution in [2.45, 2.75) is 51.1 Å². The Morgan fingerprint density at radius 3 is 2.33 bits per heavy atom. The lowest BCUT2D eigenvalue weighted by Crippen LogP contribution is -2.59. The summed E-state index contributed by atoms with van der Waals surface area (Å²) in [6.45, 7) is 5.78. The van der Waals surface area contributed by atoms with Gasteiger partial charge in [-0.15, -0.1) is 0 Å². The second kappa shape index (κ2) is 6.53. The van der Waals surface area contributed by atoms with E-state index in [4.69, 9.17) is 0 Å². The molecule has 0 aromatic heterocycles. The number of likely N-dealkylation sites (N-methyl/N-ethyl adjacent to an activating group) is 2. The van der Waals surface area contributed by atoms with Crippen molar-refractivity contribution in [1.82, 2.24) is 15.1 Å². The molecule has 0 radical (unpaired) electrons. The summed E-state index contributed by atoms with van der Waals surface area (Å²) in [6, 6.07) is 1.06. The minimum Gasteiger partial charge on any atom is -0.342 e. The second-order valence-corrected chi connectivity index (χ2v) is 5.67. The van der Waals surface area contributed by atoms with Gasteiger partial charge in [-0.25, -0.2) is 0 Å². The van der Waals surface area contributed by atoms with Gasteiger partial charge in [-0.2, -0.15) is 0 Å². The molecule has 1 heterocycles. The van der Waals surface area contributed by atoms with Gasteiger partial charge in [-0.3, -0.25) is 9.69 Å². The lowest BCUT2D eigenvalue weighted by molar-refractivity contribution is -0.134. The minimum absolute atomic E-state index is 0.302. The predicted molar refractivity (Wildman–Crippen MR) is 73.5 cm³/mol. The highest BCUT2D eigenvalue weighted by Crippen LogP contribution is 2.21. The Kier molecular flexibility index (Phi) is 5.01. The van der Waals surface area contributed by atoms with Gasteiger partial charge < -0.3 is 10.2 Å². The first-order valence-corrected chi connectivity index (χ1v) is 7.42. The van der Waals surface area contributed by atoms with Crippen molar-refractivity contribution in [2.24, 2.45) is 0 Å². The third-order valence-corrected chi connectivity index (χ3v) is 4.54. The summed E-state index contributed by atoms with van der Waals surface area (Å²) >= 11 is 0. The molecule has 0 aromatic rings. The number of hydrogen-bond acceptors (Lipinski definition) is 3. The number of rotatable bonds is 5. The average molecular weight is 253 g/mol. The molecule has 18 heavy (non-hydrogen) atoms. The molecule has 0 spiro atoms.